The van der Waals surface area contributed by atoms with Crippen molar-refractivity contribution in [2.45, 2.75) is 6.92 Å². The van der Waals surface area contributed by atoms with E-state index in [1.807, 2.05) is 0 Å². The fourth-order valence-corrected chi connectivity index (χ4v) is 0. The van der Waals surface area contributed by atoms with E-state index in [-0.39, 0.29) is 6.61 Å². The summed E-state index contributed by atoms with van der Waals surface area (Å²) < 4.78 is 0.833. The molecular formula is C3H7O2W. The van der Waals surface area contributed by atoms with Crippen molar-refractivity contribution >= 4 is 4.68 Å². The number of aliphatic hydroxyl groups is 1. The molecule has 6 heavy (non-hydrogen) atoms. The molecule has 0 heterocycles. The fourth-order valence-electron chi connectivity index (χ4n) is 0. The van der Waals surface area contributed by atoms with Gasteiger partial charge in [-0.3, -0.25) is 0 Å². The summed E-state index contributed by atoms with van der Waals surface area (Å²) in [6.45, 7) is 1.93. The van der Waals surface area contributed by atoms with Crippen LogP contribution in [0.3, 0.4) is 0 Å². The van der Waals surface area contributed by atoms with Gasteiger partial charge in [0.15, 0.2) is 0 Å². The number of rotatable bonds is 0. The van der Waals surface area contributed by atoms with Crippen LogP contribution in [0.1, 0.15) is 6.92 Å². The molecule has 0 aromatic heterocycles. The van der Waals surface area contributed by atoms with E-state index in [2.05, 4.69) is 0 Å². The van der Waals surface area contributed by atoms with E-state index in [0.29, 0.717) is 0 Å². The molecule has 0 aromatic carbocycles. The van der Waals surface area contributed by atoms with Crippen molar-refractivity contribution in [2.24, 2.45) is 0 Å². The van der Waals surface area contributed by atoms with Gasteiger partial charge in [-0.1, -0.05) is 0 Å². The second-order valence-corrected chi connectivity index (χ2v) is 1.10. The molecule has 0 fully saturated rings. The first-order chi connectivity index (χ1) is 2.83. The molecule has 1 N–H and O–H groups in total. The molecule has 2 nitrogen and oxygen atoms in total. The summed E-state index contributed by atoms with van der Waals surface area (Å²) in [6, 6.07) is 0. The first kappa shape index (κ1) is 9.58. The van der Waals surface area contributed by atoms with E-state index >= 15 is 0 Å². The molecule has 37 valence electrons. The molecule has 0 aliphatic heterocycles. The number of carbonyl (C=O) groups is 1. The molecule has 0 saturated heterocycles. The second kappa shape index (κ2) is 18.5. The maximum atomic E-state index is 8.84. The molecule has 0 radical (unpaired) electrons. The zero-order valence-electron chi connectivity index (χ0n) is 3.55. The predicted octanol–water partition coefficient (Wildman–Crippen LogP) is -0.278. The summed E-state index contributed by atoms with van der Waals surface area (Å²) in [6.07, 6.45) is 0. The van der Waals surface area contributed by atoms with Gasteiger partial charge >= 0.3 is 29.3 Å². The quantitative estimate of drug-likeness (QED) is 0.607. The van der Waals surface area contributed by atoms with E-state index in [9.17, 15) is 0 Å². The van der Waals surface area contributed by atoms with E-state index < -0.39 is 0 Å². The van der Waals surface area contributed by atoms with Crippen molar-refractivity contribution in [1.29, 1.82) is 0 Å². The van der Waals surface area contributed by atoms with Crippen molar-refractivity contribution in [3.05, 3.63) is 0 Å². The zero-order valence-corrected chi connectivity index (χ0v) is 6.48. The summed E-state index contributed by atoms with van der Waals surface area (Å²) in [7, 11) is 0. The van der Waals surface area contributed by atoms with Gasteiger partial charge in [0.1, 0.15) is 0 Å². The van der Waals surface area contributed by atoms with Crippen molar-refractivity contribution in [3.8, 4) is 0 Å². The minimum atomic E-state index is 0.250. The zero-order chi connectivity index (χ0) is 5.41. The first-order valence-electron chi connectivity index (χ1n) is 1.49. The summed E-state index contributed by atoms with van der Waals surface area (Å²) in [5, 5.41) is 7.57. The molecule has 0 unspecified atom stereocenters. The van der Waals surface area contributed by atoms with Gasteiger partial charge in [0.25, 0.3) is 0 Å². The number of hydrogen-bond donors (Lipinski definition) is 1. The van der Waals surface area contributed by atoms with Crippen molar-refractivity contribution in [3.63, 3.8) is 0 Å². The molecule has 0 aliphatic carbocycles. The Bertz CT molecular complexity index is 22.8. The summed E-state index contributed by atoms with van der Waals surface area (Å²) in [5.41, 5.74) is 0. The van der Waals surface area contributed by atoms with Crippen LogP contribution in [0, 0.1) is 0 Å². The monoisotopic (exact) mass is 259 g/mol. The standard InChI is InChI=1S/C2H6O.CHO.W/c1-2-3;1-2;/h3H,2H2,1H3;1H;. The fraction of sp³-hybridized carbons (Fsp3) is 0.667. The summed E-state index contributed by atoms with van der Waals surface area (Å²) in [5.74, 6) is 0. The molecule has 0 aliphatic rings. The summed E-state index contributed by atoms with van der Waals surface area (Å²) in [4.78, 5) is 8.84. The molecule has 0 bridgehead atoms. The molecule has 0 rings (SSSR count). The van der Waals surface area contributed by atoms with Gasteiger partial charge in [-0.15, -0.1) is 0 Å². The molecule has 0 spiro atoms. The van der Waals surface area contributed by atoms with E-state index in [1.54, 1.807) is 6.92 Å². The topological polar surface area (TPSA) is 37.3 Å². The van der Waals surface area contributed by atoms with Crippen molar-refractivity contribution in [1.82, 2.24) is 0 Å². The van der Waals surface area contributed by atoms with Gasteiger partial charge in [0.05, 0.1) is 0 Å². The Hall–Kier alpha value is 0.318. The summed E-state index contributed by atoms with van der Waals surface area (Å²) >= 11 is 0.991. The van der Waals surface area contributed by atoms with Gasteiger partial charge in [0.2, 0.25) is 0 Å². The Morgan fingerprint density at radius 1 is 2.00 bits per heavy atom. The molecule has 0 aromatic rings. The van der Waals surface area contributed by atoms with E-state index in [4.69, 9.17) is 9.90 Å². The Labute approximate surface area is 48.5 Å². The third-order valence-corrected chi connectivity index (χ3v) is 0. The Morgan fingerprint density at radius 2 is 2.00 bits per heavy atom. The van der Waals surface area contributed by atoms with Crippen LogP contribution >= 0.6 is 0 Å². The molecule has 0 amide bonds. The normalized spacial score (nSPS) is 5.00. The number of hydrogen-bond acceptors (Lipinski definition) is 2. The predicted molar refractivity (Wildman–Crippen MR) is 19.5 cm³/mol. The van der Waals surface area contributed by atoms with Gasteiger partial charge in [-0.25, -0.2) is 0 Å². The van der Waals surface area contributed by atoms with Crippen LogP contribution in [-0.2, 0) is 24.6 Å². The van der Waals surface area contributed by atoms with Crippen LogP contribution < -0.4 is 0 Å². The van der Waals surface area contributed by atoms with Crippen LogP contribution in [0.25, 0.3) is 0 Å². The van der Waals surface area contributed by atoms with Gasteiger partial charge in [-0.2, -0.15) is 0 Å². The van der Waals surface area contributed by atoms with Gasteiger partial charge in [0, 0.05) is 6.61 Å². The molecule has 3 heteroatoms. The number of aliphatic hydroxyl groups excluding tert-OH is 1. The Morgan fingerprint density at radius 3 is 2.00 bits per heavy atom. The maximum absolute atomic E-state index is 8.84. The second-order valence-electron chi connectivity index (χ2n) is 0.412. The SMILES string of the molecule is CCO.O=[CH][W]. The van der Waals surface area contributed by atoms with Gasteiger partial charge < -0.3 is 5.11 Å². The average Bonchev–Trinajstić information content (AvgIpc) is 1.39. The third kappa shape index (κ3) is 469. The molecule has 0 saturated carbocycles. The van der Waals surface area contributed by atoms with Crippen LogP contribution in [0.2, 0.25) is 0 Å². The van der Waals surface area contributed by atoms with Crippen LogP contribution in [-0.4, -0.2) is 16.4 Å². The number of carbonyl (C=O) groups excluding carboxylic acids is 1. The first-order valence-corrected chi connectivity index (χ1v) is 3.19. The van der Waals surface area contributed by atoms with Crippen LogP contribution in [0.15, 0.2) is 0 Å². The molecule has 0 atom stereocenters. The van der Waals surface area contributed by atoms with Crippen LogP contribution in [0.4, 0.5) is 0 Å². The minimum absolute atomic E-state index is 0.250. The van der Waals surface area contributed by atoms with E-state index in [1.165, 1.54) is 0 Å². The van der Waals surface area contributed by atoms with E-state index in [0.717, 1.165) is 24.5 Å². The van der Waals surface area contributed by atoms with Crippen molar-refractivity contribution in [2.75, 3.05) is 6.61 Å². The van der Waals surface area contributed by atoms with Gasteiger partial charge in [-0.05, 0) is 6.92 Å². The Kier molecular flexibility index (Phi) is 29.5. The third-order valence-electron chi connectivity index (χ3n) is 0. The van der Waals surface area contributed by atoms with Crippen molar-refractivity contribution < 1.29 is 29.7 Å². The average molecular weight is 259 g/mol. The van der Waals surface area contributed by atoms with Crippen LogP contribution in [0.5, 0.6) is 0 Å². The Balaban J connectivity index is 0. The molecular weight excluding hydrogens is 252 g/mol.